The van der Waals surface area contributed by atoms with Crippen LogP contribution in [0.5, 0.6) is 0 Å². The van der Waals surface area contributed by atoms with Crippen LogP contribution in [0.2, 0.25) is 0 Å². The highest BCUT2D eigenvalue weighted by atomic mass is 16.6. The fourth-order valence-corrected chi connectivity index (χ4v) is 2.61. The summed E-state index contributed by atoms with van der Waals surface area (Å²) in [5.41, 5.74) is 1.59. The van der Waals surface area contributed by atoms with Crippen LogP contribution in [0.4, 0.5) is 5.69 Å². The van der Waals surface area contributed by atoms with Crippen LogP contribution in [0.15, 0.2) is 24.3 Å². The largest absolute Gasteiger partial charge is 0.456 e. The van der Waals surface area contributed by atoms with Crippen molar-refractivity contribution < 1.29 is 14.3 Å². The molecule has 1 fully saturated rings. The van der Waals surface area contributed by atoms with E-state index in [0.29, 0.717) is 18.5 Å². The molecule has 0 aromatic heterocycles. The van der Waals surface area contributed by atoms with Crippen molar-refractivity contribution in [1.82, 2.24) is 0 Å². The first-order chi connectivity index (χ1) is 10.8. The SMILES string of the molecule is CC=Cc1cc(C(=O)OC(C)(C)C)cc(N2CCCCC2=O)c1. The van der Waals surface area contributed by atoms with Gasteiger partial charge in [-0.1, -0.05) is 12.2 Å². The Hall–Kier alpha value is -2.10. The number of allylic oxidation sites excluding steroid dienone is 1. The van der Waals surface area contributed by atoms with Crippen LogP contribution >= 0.6 is 0 Å². The fraction of sp³-hybridized carbons (Fsp3) is 0.474. The Kier molecular flexibility index (Phi) is 5.24. The normalized spacial score (nSPS) is 16.0. The maximum Gasteiger partial charge on any atom is 0.338 e. The molecule has 23 heavy (non-hydrogen) atoms. The molecule has 0 N–H and O–H groups in total. The first-order valence-electron chi connectivity index (χ1n) is 8.11. The summed E-state index contributed by atoms with van der Waals surface area (Å²) in [5, 5.41) is 0. The zero-order valence-electron chi connectivity index (χ0n) is 14.4. The second kappa shape index (κ2) is 6.99. The summed E-state index contributed by atoms with van der Waals surface area (Å²) >= 11 is 0. The molecule has 1 amide bonds. The van der Waals surface area contributed by atoms with Crippen LogP contribution in [0, 0.1) is 0 Å². The molecule has 1 saturated heterocycles. The molecular weight excluding hydrogens is 290 g/mol. The molecule has 4 nitrogen and oxygen atoms in total. The number of hydrogen-bond donors (Lipinski definition) is 0. The molecule has 2 rings (SSSR count). The number of esters is 1. The number of piperidine rings is 1. The summed E-state index contributed by atoms with van der Waals surface area (Å²) in [6.45, 7) is 8.15. The predicted molar refractivity (Wildman–Crippen MR) is 92.5 cm³/mol. The van der Waals surface area contributed by atoms with E-state index in [1.54, 1.807) is 17.0 Å². The second-order valence-electron chi connectivity index (χ2n) is 6.82. The van der Waals surface area contributed by atoms with E-state index in [9.17, 15) is 9.59 Å². The van der Waals surface area contributed by atoms with Gasteiger partial charge in [-0.2, -0.15) is 0 Å². The van der Waals surface area contributed by atoms with Gasteiger partial charge in [0.05, 0.1) is 5.56 Å². The minimum Gasteiger partial charge on any atom is -0.456 e. The van der Waals surface area contributed by atoms with Gasteiger partial charge in [-0.15, -0.1) is 0 Å². The summed E-state index contributed by atoms with van der Waals surface area (Å²) in [6, 6.07) is 5.49. The van der Waals surface area contributed by atoms with Crippen molar-refractivity contribution in [3.8, 4) is 0 Å². The lowest BCUT2D eigenvalue weighted by atomic mass is 10.0. The first kappa shape index (κ1) is 17.3. The quantitative estimate of drug-likeness (QED) is 0.786. The lowest BCUT2D eigenvalue weighted by Crippen LogP contribution is -2.35. The van der Waals surface area contributed by atoms with E-state index in [1.165, 1.54) is 0 Å². The van der Waals surface area contributed by atoms with Gasteiger partial charge in [0, 0.05) is 18.7 Å². The first-order valence-corrected chi connectivity index (χ1v) is 8.11. The van der Waals surface area contributed by atoms with Gasteiger partial charge in [0.1, 0.15) is 5.60 Å². The summed E-state index contributed by atoms with van der Waals surface area (Å²) < 4.78 is 5.46. The Morgan fingerprint density at radius 3 is 2.57 bits per heavy atom. The van der Waals surface area contributed by atoms with Crippen LogP contribution in [0.25, 0.3) is 6.08 Å². The molecule has 0 radical (unpaired) electrons. The summed E-state index contributed by atoms with van der Waals surface area (Å²) in [7, 11) is 0. The minimum absolute atomic E-state index is 0.115. The van der Waals surface area contributed by atoms with Crippen LogP contribution in [-0.4, -0.2) is 24.0 Å². The maximum absolute atomic E-state index is 12.4. The van der Waals surface area contributed by atoms with Crippen molar-refractivity contribution in [2.45, 2.75) is 52.6 Å². The smallest absolute Gasteiger partial charge is 0.338 e. The maximum atomic E-state index is 12.4. The van der Waals surface area contributed by atoms with Crippen molar-refractivity contribution in [1.29, 1.82) is 0 Å². The van der Waals surface area contributed by atoms with E-state index < -0.39 is 5.60 Å². The van der Waals surface area contributed by atoms with Crippen LogP contribution in [0.3, 0.4) is 0 Å². The van der Waals surface area contributed by atoms with Gasteiger partial charge in [0.25, 0.3) is 0 Å². The van der Waals surface area contributed by atoms with Crippen molar-refractivity contribution in [3.05, 3.63) is 35.4 Å². The molecule has 1 aromatic carbocycles. The Morgan fingerprint density at radius 2 is 1.96 bits per heavy atom. The zero-order chi connectivity index (χ0) is 17.0. The Bertz CT molecular complexity index is 626. The lowest BCUT2D eigenvalue weighted by Gasteiger charge is -2.27. The molecule has 124 valence electrons. The number of anilines is 1. The average molecular weight is 315 g/mol. The van der Waals surface area contributed by atoms with Crippen molar-refractivity contribution in [2.75, 3.05) is 11.4 Å². The third-order valence-electron chi connectivity index (χ3n) is 3.57. The molecule has 0 bridgehead atoms. The van der Waals surface area contributed by atoms with E-state index in [1.807, 2.05) is 45.9 Å². The summed E-state index contributed by atoms with van der Waals surface area (Å²) in [4.78, 5) is 26.3. The Balaban J connectivity index is 2.39. The lowest BCUT2D eigenvalue weighted by molar-refractivity contribution is -0.119. The Labute approximate surface area is 138 Å². The highest BCUT2D eigenvalue weighted by Crippen LogP contribution is 2.25. The number of amides is 1. The van der Waals surface area contributed by atoms with Gasteiger partial charge in [-0.05, 0) is 64.3 Å². The number of carbonyl (C=O) groups excluding carboxylic acids is 2. The van der Waals surface area contributed by atoms with Gasteiger partial charge in [-0.25, -0.2) is 4.79 Å². The van der Waals surface area contributed by atoms with E-state index in [4.69, 9.17) is 4.74 Å². The van der Waals surface area contributed by atoms with E-state index in [2.05, 4.69) is 0 Å². The highest BCUT2D eigenvalue weighted by molar-refractivity contribution is 5.97. The van der Waals surface area contributed by atoms with E-state index in [0.717, 1.165) is 24.1 Å². The zero-order valence-corrected chi connectivity index (χ0v) is 14.4. The molecule has 0 aliphatic carbocycles. The van der Waals surface area contributed by atoms with Crippen molar-refractivity contribution >= 4 is 23.6 Å². The number of rotatable bonds is 3. The molecule has 0 saturated carbocycles. The molecule has 0 unspecified atom stereocenters. The van der Waals surface area contributed by atoms with E-state index in [-0.39, 0.29) is 11.9 Å². The molecule has 0 spiro atoms. The molecule has 1 heterocycles. The van der Waals surface area contributed by atoms with Crippen molar-refractivity contribution in [2.24, 2.45) is 0 Å². The number of nitrogens with zero attached hydrogens (tertiary/aromatic N) is 1. The third kappa shape index (κ3) is 4.68. The highest BCUT2D eigenvalue weighted by Gasteiger charge is 2.23. The molecular formula is C19H25NO3. The summed E-state index contributed by atoms with van der Waals surface area (Å²) in [5.74, 6) is -0.251. The number of benzene rings is 1. The predicted octanol–water partition coefficient (Wildman–Crippen LogP) is 4.19. The molecule has 1 aliphatic rings. The van der Waals surface area contributed by atoms with Gasteiger partial charge in [0.15, 0.2) is 0 Å². The van der Waals surface area contributed by atoms with Crippen molar-refractivity contribution in [3.63, 3.8) is 0 Å². The Morgan fingerprint density at radius 1 is 1.22 bits per heavy atom. The molecule has 1 aliphatic heterocycles. The third-order valence-corrected chi connectivity index (χ3v) is 3.57. The van der Waals surface area contributed by atoms with E-state index >= 15 is 0 Å². The average Bonchev–Trinajstić information content (AvgIpc) is 2.46. The minimum atomic E-state index is -0.547. The fourth-order valence-electron chi connectivity index (χ4n) is 2.61. The van der Waals surface area contributed by atoms with Gasteiger partial charge in [0.2, 0.25) is 5.91 Å². The molecule has 1 aromatic rings. The monoisotopic (exact) mass is 315 g/mol. The standard InChI is InChI=1S/C19H25NO3/c1-5-8-14-11-15(18(22)23-19(2,3)4)13-16(12-14)20-10-7-6-9-17(20)21/h5,8,11-13H,6-7,9-10H2,1-4H3. The number of ether oxygens (including phenoxy) is 1. The number of carbonyl (C=O) groups is 2. The topological polar surface area (TPSA) is 46.6 Å². The molecule has 0 atom stereocenters. The van der Waals surface area contributed by atoms with Crippen LogP contribution < -0.4 is 4.90 Å². The van der Waals surface area contributed by atoms with Gasteiger partial charge < -0.3 is 9.64 Å². The second-order valence-corrected chi connectivity index (χ2v) is 6.82. The summed E-state index contributed by atoms with van der Waals surface area (Å²) in [6.07, 6.45) is 6.32. The van der Waals surface area contributed by atoms with Gasteiger partial charge in [-0.3, -0.25) is 4.79 Å². The van der Waals surface area contributed by atoms with Crippen LogP contribution in [-0.2, 0) is 9.53 Å². The van der Waals surface area contributed by atoms with Gasteiger partial charge >= 0.3 is 5.97 Å². The molecule has 4 heteroatoms. The van der Waals surface area contributed by atoms with Crippen LogP contribution in [0.1, 0.15) is 62.9 Å². The number of hydrogen-bond acceptors (Lipinski definition) is 3.